The lowest BCUT2D eigenvalue weighted by Gasteiger charge is -2.04. The summed E-state index contributed by atoms with van der Waals surface area (Å²) in [7, 11) is 1.56. The van der Waals surface area contributed by atoms with Gasteiger partial charge in [0, 0.05) is 18.8 Å². The van der Waals surface area contributed by atoms with Crippen LogP contribution < -0.4 is 10.1 Å². The van der Waals surface area contributed by atoms with E-state index in [1.165, 1.54) is 12.3 Å². The van der Waals surface area contributed by atoms with Crippen molar-refractivity contribution in [2.24, 2.45) is 0 Å². The van der Waals surface area contributed by atoms with E-state index >= 15 is 0 Å². The van der Waals surface area contributed by atoms with Crippen LogP contribution in [0.2, 0.25) is 0 Å². The summed E-state index contributed by atoms with van der Waals surface area (Å²) >= 11 is 0. The second-order valence-electron chi connectivity index (χ2n) is 3.87. The summed E-state index contributed by atoms with van der Waals surface area (Å²) in [5.74, 6) is -0.0198. The van der Waals surface area contributed by atoms with Crippen molar-refractivity contribution in [3.63, 3.8) is 0 Å². The highest BCUT2D eigenvalue weighted by atomic mass is 16.5. The number of hydrogen-bond donors (Lipinski definition) is 2. The Morgan fingerprint density at radius 1 is 1.42 bits per heavy atom. The van der Waals surface area contributed by atoms with Gasteiger partial charge in [0.1, 0.15) is 11.3 Å². The first kappa shape index (κ1) is 13.1. The Kier molecular flexibility index (Phi) is 4.15. The van der Waals surface area contributed by atoms with Crippen molar-refractivity contribution in [3.05, 3.63) is 47.5 Å². The van der Waals surface area contributed by atoms with Crippen molar-refractivity contribution < 1.29 is 19.1 Å². The Balaban J connectivity index is 1.89. The molecule has 0 unspecified atom stereocenters. The number of carbonyl (C=O) groups is 1. The van der Waals surface area contributed by atoms with E-state index in [0.29, 0.717) is 24.7 Å². The van der Waals surface area contributed by atoms with Gasteiger partial charge in [-0.3, -0.25) is 0 Å². The number of ether oxygens (including phenoxy) is 1. The molecule has 19 heavy (non-hydrogen) atoms. The lowest BCUT2D eigenvalue weighted by molar-refractivity contribution is 0.0694. The van der Waals surface area contributed by atoms with Crippen molar-refractivity contribution >= 4 is 5.97 Å². The first-order chi connectivity index (χ1) is 9.20. The van der Waals surface area contributed by atoms with Crippen LogP contribution in [0.25, 0.3) is 0 Å². The molecule has 2 N–H and O–H groups in total. The minimum atomic E-state index is -0.989. The third-order valence-corrected chi connectivity index (χ3v) is 2.60. The molecular formula is C13H14N2O4. The van der Waals surface area contributed by atoms with E-state index in [1.807, 2.05) is 6.07 Å². The minimum absolute atomic E-state index is 0.181. The number of methoxy groups -OCH3 is 1. The molecule has 0 atom stereocenters. The van der Waals surface area contributed by atoms with Crippen molar-refractivity contribution in [1.82, 2.24) is 10.3 Å². The first-order valence-electron chi connectivity index (χ1n) is 5.70. The fourth-order valence-electron chi connectivity index (χ4n) is 1.62. The number of aromatic nitrogens is 1. The number of nitrogens with zero attached hydrogens (tertiary/aromatic N) is 1. The van der Waals surface area contributed by atoms with E-state index in [1.54, 1.807) is 19.4 Å². The second-order valence-corrected chi connectivity index (χ2v) is 3.87. The molecule has 6 nitrogen and oxygen atoms in total. The predicted octanol–water partition coefficient (Wildman–Crippen LogP) is 1.67. The van der Waals surface area contributed by atoms with Gasteiger partial charge in [-0.05, 0) is 11.6 Å². The van der Waals surface area contributed by atoms with Gasteiger partial charge in [0.2, 0.25) is 5.88 Å². The quantitative estimate of drug-likeness (QED) is 0.823. The lowest BCUT2D eigenvalue weighted by Crippen LogP contribution is -2.14. The highest BCUT2D eigenvalue weighted by molar-refractivity contribution is 5.88. The van der Waals surface area contributed by atoms with Gasteiger partial charge in [0.15, 0.2) is 0 Å². The van der Waals surface area contributed by atoms with Crippen LogP contribution >= 0.6 is 0 Å². The van der Waals surface area contributed by atoms with Crippen molar-refractivity contribution in [2.75, 3.05) is 7.11 Å². The summed E-state index contributed by atoms with van der Waals surface area (Å²) in [6.07, 6.45) is 3.07. The van der Waals surface area contributed by atoms with E-state index in [0.717, 1.165) is 5.56 Å². The van der Waals surface area contributed by atoms with Gasteiger partial charge in [0.25, 0.3) is 0 Å². The van der Waals surface area contributed by atoms with Crippen LogP contribution in [0.3, 0.4) is 0 Å². The molecular weight excluding hydrogens is 248 g/mol. The van der Waals surface area contributed by atoms with Crippen LogP contribution in [0, 0.1) is 0 Å². The van der Waals surface area contributed by atoms with Gasteiger partial charge < -0.3 is 19.6 Å². The molecule has 0 saturated heterocycles. The Labute approximate surface area is 110 Å². The number of pyridine rings is 1. The fraction of sp³-hybridized carbons (Fsp3) is 0.231. The molecule has 0 aliphatic rings. The number of hydrogen-bond acceptors (Lipinski definition) is 5. The lowest BCUT2D eigenvalue weighted by atomic mass is 10.2. The summed E-state index contributed by atoms with van der Waals surface area (Å²) in [5, 5.41) is 12.0. The number of furan rings is 1. The molecule has 100 valence electrons. The maximum atomic E-state index is 10.9. The molecule has 0 radical (unpaired) electrons. The number of carboxylic acid groups (broad SMARTS) is 1. The number of nitrogens with one attached hydrogen (secondary N) is 1. The van der Waals surface area contributed by atoms with Gasteiger partial charge in [-0.2, -0.15) is 0 Å². The highest BCUT2D eigenvalue weighted by Gasteiger charge is 2.12. The SMILES string of the molecule is COc1ccc(CNCc2occc2C(=O)O)cn1. The third kappa shape index (κ3) is 3.32. The zero-order chi connectivity index (χ0) is 13.7. The molecule has 2 aromatic rings. The van der Waals surface area contributed by atoms with Gasteiger partial charge in [-0.25, -0.2) is 9.78 Å². The normalized spacial score (nSPS) is 10.4. The molecule has 6 heteroatoms. The predicted molar refractivity (Wildman–Crippen MR) is 67.0 cm³/mol. The Morgan fingerprint density at radius 2 is 2.26 bits per heavy atom. The van der Waals surface area contributed by atoms with E-state index in [2.05, 4.69) is 10.3 Å². The van der Waals surface area contributed by atoms with Crippen molar-refractivity contribution in [1.29, 1.82) is 0 Å². The second kappa shape index (κ2) is 6.01. The average Bonchev–Trinajstić information content (AvgIpc) is 2.88. The standard InChI is InChI=1S/C13H14N2O4/c1-18-12-3-2-9(7-15-12)6-14-8-11-10(13(16)17)4-5-19-11/h2-5,7,14H,6,8H2,1H3,(H,16,17). The van der Waals surface area contributed by atoms with E-state index in [-0.39, 0.29) is 5.56 Å². The summed E-state index contributed by atoms with van der Waals surface area (Å²) in [5.41, 5.74) is 1.16. The molecule has 0 amide bonds. The van der Waals surface area contributed by atoms with Crippen LogP contribution in [0.4, 0.5) is 0 Å². The van der Waals surface area contributed by atoms with E-state index in [4.69, 9.17) is 14.3 Å². The number of rotatable bonds is 6. The van der Waals surface area contributed by atoms with E-state index < -0.39 is 5.97 Å². The molecule has 0 fully saturated rings. The number of aromatic carboxylic acids is 1. The highest BCUT2D eigenvalue weighted by Crippen LogP contribution is 2.11. The third-order valence-electron chi connectivity index (χ3n) is 2.60. The summed E-state index contributed by atoms with van der Waals surface area (Å²) in [6.45, 7) is 0.914. The zero-order valence-corrected chi connectivity index (χ0v) is 10.4. The van der Waals surface area contributed by atoms with Crippen LogP contribution in [0.15, 0.2) is 35.1 Å². The molecule has 0 spiro atoms. The van der Waals surface area contributed by atoms with Crippen molar-refractivity contribution in [2.45, 2.75) is 13.1 Å². The Morgan fingerprint density at radius 3 is 2.89 bits per heavy atom. The first-order valence-corrected chi connectivity index (χ1v) is 5.70. The molecule has 2 aromatic heterocycles. The summed E-state index contributed by atoms with van der Waals surface area (Å²) in [6, 6.07) is 5.10. The van der Waals surface area contributed by atoms with Gasteiger partial charge in [0.05, 0.1) is 19.9 Å². The molecule has 0 aromatic carbocycles. The maximum Gasteiger partial charge on any atom is 0.339 e. The summed E-state index contributed by atoms with van der Waals surface area (Å²) < 4.78 is 10.1. The molecule has 0 saturated carbocycles. The monoisotopic (exact) mass is 262 g/mol. The van der Waals surface area contributed by atoms with Gasteiger partial charge in [-0.15, -0.1) is 0 Å². The van der Waals surface area contributed by atoms with Crippen LogP contribution in [-0.4, -0.2) is 23.2 Å². The minimum Gasteiger partial charge on any atom is -0.481 e. The summed E-state index contributed by atoms with van der Waals surface area (Å²) in [4.78, 5) is 15.0. The fourth-order valence-corrected chi connectivity index (χ4v) is 1.62. The smallest absolute Gasteiger partial charge is 0.339 e. The molecule has 2 heterocycles. The van der Waals surface area contributed by atoms with Crippen LogP contribution in [0.5, 0.6) is 5.88 Å². The molecule has 0 aliphatic heterocycles. The average molecular weight is 262 g/mol. The molecule has 0 aliphatic carbocycles. The van der Waals surface area contributed by atoms with Gasteiger partial charge >= 0.3 is 5.97 Å². The Bertz CT molecular complexity index is 548. The zero-order valence-electron chi connectivity index (χ0n) is 10.4. The Hall–Kier alpha value is -2.34. The van der Waals surface area contributed by atoms with E-state index in [9.17, 15) is 4.79 Å². The van der Waals surface area contributed by atoms with Crippen LogP contribution in [-0.2, 0) is 13.1 Å². The van der Waals surface area contributed by atoms with Gasteiger partial charge in [-0.1, -0.05) is 6.07 Å². The maximum absolute atomic E-state index is 10.9. The molecule has 2 rings (SSSR count). The number of carboxylic acids is 1. The topological polar surface area (TPSA) is 84.6 Å². The van der Waals surface area contributed by atoms with Crippen LogP contribution in [0.1, 0.15) is 21.7 Å². The van der Waals surface area contributed by atoms with Crippen molar-refractivity contribution in [3.8, 4) is 5.88 Å². The largest absolute Gasteiger partial charge is 0.481 e. The molecule has 0 bridgehead atoms.